The van der Waals surface area contributed by atoms with Gasteiger partial charge in [0.25, 0.3) is 5.91 Å². The Hall–Kier alpha value is -2.74. The zero-order valence-electron chi connectivity index (χ0n) is 16.9. The van der Waals surface area contributed by atoms with Crippen LogP contribution in [0.3, 0.4) is 0 Å². The number of carbonyl (C=O) groups is 1. The predicted molar refractivity (Wildman–Crippen MR) is 108 cm³/mol. The fourth-order valence-corrected chi connectivity index (χ4v) is 4.14. The van der Waals surface area contributed by atoms with E-state index in [1.165, 1.54) is 24.5 Å². The van der Waals surface area contributed by atoms with Crippen molar-refractivity contribution in [3.05, 3.63) is 42.1 Å². The predicted octanol–water partition coefficient (Wildman–Crippen LogP) is 2.67. The van der Waals surface area contributed by atoms with Gasteiger partial charge in [-0.05, 0) is 50.8 Å². The molecule has 1 aliphatic heterocycles. The van der Waals surface area contributed by atoms with E-state index in [-0.39, 0.29) is 29.3 Å². The Kier molecular flexibility index (Phi) is 5.12. The molecule has 1 amide bonds. The highest BCUT2D eigenvalue weighted by molar-refractivity contribution is 5.97. The maximum atomic E-state index is 14.0. The highest BCUT2D eigenvalue weighted by atomic mass is 19.1. The van der Waals surface area contributed by atoms with Crippen LogP contribution in [-0.4, -0.2) is 52.5 Å². The van der Waals surface area contributed by atoms with Crippen LogP contribution in [0, 0.1) is 17.7 Å². The number of amides is 1. The van der Waals surface area contributed by atoms with Crippen LogP contribution in [0.4, 0.5) is 10.2 Å². The maximum absolute atomic E-state index is 14.0. The van der Waals surface area contributed by atoms with Gasteiger partial charge in [0, 0.05) is 31.7 Å². The minimum atomic E-state index is -0.487. The second kappa shape index (κ2) is 7.59. The molecule has 29 heavy (non-hydrogen) atoms. The molecular formula is C21H26FN5O2. The number of fused-ring (bicyclic) bond motifs is 1. The first-order chi connectivity index (χ1) is 13.9. The molecule has 0 bridgehead atoms. The van der Waals surface area contributed by atoms with E-state index in [9.17, 15) is 9.18 Å². The molecule has 0 radical (unpaired) electrons. The number of nitrogens with zero attached hydrogens (tertiary/aromatic N) is 4. The van der Waals surface area contributed by atoms with E-state index in [4.69, 9.17) is 10.5 Å². The molecule has 1 aromatic carbocycles. The van der Waals surface area contributed by atoms with Crippen molar-refractivity contribution >= 4 is 11.7 Å². The largest absolute Gasteiger partial charge is 0.451 e. The number of ether oxygens (including phenoxy) is 1. The van der Waals surface area contributed by atoms with Crippen LogP contribution in [0.1, 0.15) is 31.1 Å². The lowest BCUT2D eigenvalue weighted by atomic mass is 10.1. The molecule has 1 aliphatic carbocycles. The van der Waals surface area contributed by atoms with Crippen molar-refractivity contribution in [2.45, 2.75) is 32.9 Å². The van der Waals surface area contributed by atoms with Gasteiger partial charge < -0.3 is 20.3 Å². The second-order valence-electron chi connectivity index (χ2n) is 7.95. The number of hydrogen-bond acceptors (Lipinski definition) is 6. The Morgan fingerprint density at radius 1 is 1.34 bits per heavy atom. The molecule has 2 aliphatic rings. The molecule has 154 valence electrons. The monoisotopic (exact) mass is 399 g/mol. The van der Waals surface area contributed by atoms with Crippen molar-refractivity contribution in [2.75, 3.05) is 24.5 Å². The molecular weight excluding hydrogens is 373 g/mol. The zero-order valence-corrected chi connectivity index (χ0v) is 16.9. The SMILES string of the molecule is CCN(C(=O)c1cc(F)ccc1Oc1cncnc1N1CC2C(N)C2C1)C(C)C. The highest BCUT2D eigenvalue weighted by Crippen LogP contribution is 2.46. The Morgan fingerprint density at radius 3 is 2.72 bits per heavy atom. The molecule has 8 heteroatoms. The summed E-state index contributed by atoms with van der Waals surface area (Å²) in [5.41, 5.74) is 6.22. The summed E-state index contributed by atoms with van der Waals surface area (Å²) in [5.74, 6) is 1.61. The molecule has 4 rings (SSSR count). The van der Waals surface area contributed by atoms with Crippen molar-refractivity contribution < 1.29 is 13.9 Å². The summed E-state index contributed by atoms with van der Waals surface area (Å²) in [6.45, 7) is 7.91. The molecule has 2 fully saturated rings. The lowest BCUT2D eigenvalue weighted by Crippen LogP contribution is -2.36. The topological polar surface area (TPSA) is 84.6 Å². The second-order valence-corrected chi connectivity index (χ2v) is 7.95. The van der Waals surface area contributed by atoms with Gasteiger partial charge in [-0.15, -0.1) is 0 Å². The third kappa shape index (κ3) is 3.64. The minimum absolute atomic E-state index is 0.0141. The zero-order chi connectivity index (χ0) is 20.7. The summed E-state index contributed by atoms with van der Waals surface area (Å²) >= 11 is 0. The first kappa shape index (κ1) is 19.6. The van der Waals surface area contributed by atoms with Crippen molar-refractivity contribution in [1.29, 1.82) is 0 Å². The Balaban J connectivity index is 1.63. The Bertz CT molecular complexity index is 910. The number of carbonyl (C=O) groups excluding carboxylic acids is 1. The van der Waals surface area contributed by atoms with E-state index in [2.05, 4.69) is 14.9 Å². The van der Waals surface area contributed by atoms with Gasteiger partial charge in [-0.1, -0.05) is 0 Å². The molecule has 7 nitrogen and oxygen atoms in total. The summed E-state index contributed by atoms with van der Waals surface area (Å²) in [5, 5.41) is 0. The lowest BCUT2D eigenvalue weighted by Gasteiger charge is -2.26. The van der Waals surface area contributed by atoms with E-state index >= 15 is 0 Å². The van der Waals surface area contributed by atoms with Gasteiger partial charge in [-0.25, -0.2) is 14.4 Å². The smallest absolute Gasteiger partial charge is 0.257 e. The van der Waals surface area contributed by atoms with Gasteiger partial charge in [0.05, 0.1) is 11.8 Å². The summed E-state index contributed by atoms with van der Waals surface area (Å²) in [7, 11) is 0. The van der Waals surface area contributed by atoms with Gasteiger partial charge >= 0.3 is 0 Å². The first-order valence-corrected chi connectivity index (χ1v) is 9.99. The fraction of sp³-hybridized carbons (Fsp3) is 0.476. The average molecular weight is 399 g/mol. The third-order valence-electron chi connectivity index (χ3n) is 5.84. The Labute approximate surface area is 169 Å². The molecule has 2 aromatic rings. The maximum Gasteiger partial charge on any atom is 0.257 e. The van der Waals surface area contributed by atoms with Crippen LogP contribution < -0.4 is 15.4 Å². The van der Waals surface area contributed by atoms with Crippen LogP contribution in [0.2, 0.25) is 0 Å². The van der Waals surface area contributed by atoms with Crippen LogP contribution in [-0.2, 0) is 0 Å². The summed E-state index contributed by atoms with van der Waals surface area (Å²) < 4.78 is 20.0. The Morgan fingerprint density at radius 2 is 2.07 bits per heavy atom. The van der Waals surface area contributed by atoms with Crippen molar-refractivity contribution in [2.24, 2.45) is 17.6 Å². The van der Waals surface area contributed by atoms with Crippen LogP contribution >= 0.6 is 0 Å². The van der Waals surface area contributed by atoms with Gasteiger partial charge in [-0.2, -0.15) is 0 Å². The van der Waals surface area contributed by atoms with Gasteiger partial charge in [-0.3, -0.25) is 4.79 Å². The minimum Gasteiger partial charge on any atom is -0.451 e. The first-order valence-electron chi connectivity index (χ1n) is 9.99. The quantitative estimate of drug-likeness (QED) is 0.804. The van der Waals surface area contributed by atoms with E-state index in [0.29, 0.717) is 29.9 Å². The number of rotatable bonds is 6. The van der Waals surface area contributed by atoms with E-state index < -0.39 is 5.82 Å². The highest BCUT2D eigenvalue weighted by Gasteiger charge is 2.54. The number of anilines is 1. The molecule has 2 N–H and O–H groups in total. The molecule has 1 aromatic heterocycles. The van der Waals surface area contributed by atoms with E-state index in [1.807, 2.05) is 20.8 Å². The van der Waals surface area contributed by atoms with Gasteiger partial charge in [0.1, 0.15) is 17.9 Å². The lowest BCUT2D eigenvalue weighted by molar-refractivity contribution is 0.0713. The van der Waals surface area contributed by atoms with Crippen LogP contribution in [0.25, 0.3) is 0 Å². The van der Waals surface area contributed by atoms with Crippen molar-refractivity contribution in [3.63, 3.8) is 0 Å². The molecule has 2 heterocycles. The van der Waals surface area contributed by atoms with Gasteiger partial charge in [0.2, 0.25) is 0 Å². The number of nitrogens with two attached hydrogens (primary N) is 1. The summed E-state index contributed by atoms with van der Waals surface area (Å²) in [6.07, 6.45) is 3.05. The van der Waals surface area contributed by atoms with Gasteiger partial charge in [0.15, 0.2) is 11.6 Å². The molecule has 2 atom stereocenters. The van der Waals surface area contributed by atoms with Crippen molar-refractivity contribution in [3.8, 4) is 11.5 Å². The van der Waals surface area contributed by atoms with Crippen LogP contribution in [0.5, 0.6) is 11.5 Å². The fourth-order valence-electron chi connectivity index (χ4n) is 4.14. The number of benzene rings is 1. The molecule has 2 unspecified atom stereocenters. The van der Waals surface area contributed by atoms with Crippen molar-refractivity contribution in [1.82, 2.24) is 14.9 Å². The third-order valence-corrected chi connectivity index (χ3v) is 5.84. The molecule has 0 spiro atoms. The number of piperidine rings is 1. The molecule has 1 saturated carbocycles. The normalized spacial score (nSPS) is 22.6. The van der Waals surface area contributed by atoms with E-state index in [0.717, 1.165) is 13.1 Å². The number of halogens is 1. The van der Waals surface area contributed by atoms with E-state index in [1.54, 1.807) is 11.1 Å². The average Bonchev–Trinajstić information content (AvgIpc) is 3.10. The summed E-state index contributed by atoms with van der Waals surface area (Å²) in [6, 6.07) is 4.24. The number of hydrogen-bond donors (Lipinski definition) is 1. The number of aromatic nitrogens is 2. The van der Waals surface area contributed by atoms with Crippen LogP contribution in [0.15, 0.2) is 30.7 Å². The standard InChI is InChI=1S/C21H26FN5O2/c1-4-27(12(2)3)21(28)14-7-13(22)5-6-17(14)29-18-8-24-11-25-20(18)26-9-15-16(10-26)19(15)23/h5-8,11-12,15-16,19H,4,9-10,23H2,1-3H3. The molecule has 1 saturated heterocycles. The summed E-state index contributed by atoms with van der Waals surface area (Å²) in [4.78, 5) is 25.3.